The largest absolute Gasteiger partial charge is 0.490 e. The molecule has 0 radical (unpaired) electrons. The predicted octanol–water partition coefficient (Wildman–Crippen LogP) is 5.20. The summed E-state index contributed by atoms with van der Waals surface area (Å²) in [6, 6.07) is 8.02. The van der Waals surface area contributed by atoms with E-state index in [2.05, 4.69) is 36.7 Å². The normalized spacial score (nSPS) is 24.0. The minimum absolute atomic E-state index is 0.262. The molecular weight excluding hydrogens is 316 g/mol. The van der Waals surface area contributed by atoms with Gasteiger partial charge in [0.2, 0.25) is 0 Å². The highest BCUT2D eigenvalue weighted by Crippen LogP contribution is 2.53. The molecule has 0 aromatic heterocycles. The van der Waals surface area contributed by atoms with Crippen molar-refractivity contribution in [3.8, 4) is 11.5 Å². The molecule has 2 atom stereocenters. The molecule has 1 aromatic carbocycles. The molecule has 20 heavy (non-hydrogen) atoms. The average Bonchev–Trinajstić information content (AvgIpc) is 2.47. The molecule has 1 aromatic rings. The molecule has 1 fully saturated rings. The zero-order valence-corrected chi connectivity index (χ0v) is 14.3. The van der Waals surface area contributed by atoms with E-state index in [0.717, 1.165) is 43.8 Å². The molecule has 3 heteroatoms. The molecule has 0 amide bonds. The Morgan fingerprint density at radius 2 is 1.80 bits per heavy atom. The van der Waals surface area contributed by atoms with Gasteiger partial charge in [0.05, 0.1) is 6.61 Å². The summed E-state index contributed by atoms with van der Waals surface area (Å²) in [6.45, 7) is 7.36. The fourth-order valence-electron chi connectivity index (χ4n) is 3.04. The molecule has 0 heterocycles. The molecule has 2 rings (SSSR count). The number of halogens is 1. The van der Waals surface area contributed by atoms with Gasteiger partial charge in [0, 0.05) is 10.2 Å². The van der Waals surface area contributed by atoms with Gasteiger partial charge in [0.15, 0.2) is 11.5 Å². The number of hydrogen-bond acceptors (Lipinski definition) is 2. The Kier molecular flexibility index (Phi) is 5.36. The van der Waals surface area contributed by atoms with Gasteiger partial charge < -0.3 is 9.47 Å². The zero-order chi connectivity index (χ0) is 14.6. The Balaban J connectivity index is 2.10. The van der Waals surface area contributed by atoms with Crippen molar-refractivity contribution in [2.75, 3.05) is 6.61 Å². The Morgan fingerprint density at radius 3 is 2.35 bits per heavy atom. The first-order valence-corrected chi connectivity index (χ1v) is 8.62. The van der Waals surface area contributed by atoms with Crippen molar-refractivity contribution in [1.82, 2.24) is 0 Å². The third-order valence-corrected chi connectivity index (χ3v) is 5.87. The predicted molar refractivity (Wildman–Crippen MR) is 87.0 cm³/mol. The van der Waals surface area contributed by atoms with E-state index >= 15 is 0 Å². The maximum atomic E-state index is 6.29. The third-order valence-electron chi connectivity index (χ3n) is 4.58. The van der Waals surface area contributed by atoms with E-state index in [-0.39, 0.29) is 11.5 Å². The van der Waals surface area contributed by atoms with Crippen molar-refractivity contribution >= 4 is 15.9 Å². The number of para-hydroxylation sites is 2. The maximum absolute atomic E-state index is 6.29. The van der Waals surface area contributed by atoms with Gasteiger partial charge in [-0.15, -0.1) is 0 Å². The van der Waals surface area contributed by atoms with Crippen LogP contribution >= 0.6 is 15.9 Å². The smallest absolute Gasteiger partial charge is 0.161 e. The van der Waals surface area contributed by atoms with E-state index in [1.165, 1.54) is 0 Å². The monoisotopic (exact) mass is 340 g/mol. The average molecular weight is 341 g/mol. The Labute approximate surface area is 131 Å². The first-order valence-electron chi connectivity index (χ1n) is 7.70. The lowest BCUT2D eigenvalue weighted by Crippen LogP contribution is -2.56. The maximum Gasteiger partial charge on any atom is 0.161 e. The fourth-order valence-corrected chi connectivity index (χ4v) is 4.33. The van der Waals surface area contributed by atoms with E-state index in [4.69, 9.17) is 9.47 Å². The minimum Gasteiger partial charge on any atom is -0.490 e. The lowest BCUT2D eigenvalue weighted by atomic mass is 9.62. The van der Waals surface area contributed by atoms with E-state index in [1.54, 1.807) is 0 Å². The van der Waals surface area contributed by atoms with Crippen LogP contribution in [-0.4, -0.2) is 17.5 Å². The summed E-state index contributed by atoms with van der Waals surface area (Å²) in [5, 5.41) is 0. The highest BCUT2D eigenvalue weighted by Gasteiger charge is 2.53. The minimum atomic E-state index is 0.262. The second-order valence-corrected chi connectivity index (χ2v) is 6.65. The lowest BCUT2D eigenvalue weighted by molar-refractivity contribution is -0.0424. The summed E-state index contributed by atoms with van der Waals surface area (Å²) in [5.41, 5.74) is 0.262. The number of benzene rings is 1. The first kappa shape index (κ1) is 15.7. The topological polar surface area (TPSA) is 18.5 Å². The summed E-state index contributed by atoms with van der Waals surface area (Å²) in [7, 11) is 0. The van der Waals surface area contributed by atoms with Crippen LogP contribution in [0.3, 0.4) is 0 Å². The first-order chi connectivity index (χ1) is 9.67. The number of rotatable bonds is 7. The van der Waals surface area contributed by atoms with Crippen molar-refractivity contribution in [3.63, 3.8) is 0 Å². The van der Waals surface area contributed by atoms with Crippen molar-refractivity contribution in [2.45, 2.75) is 57.4 Å². The van der Waals surface area contributed by atoms with E-state index < -0.39 is 0 Å². The van der Waals surface area contributed by atoms with Gasteiger partial charge >= 0.3 is 0 Å². The number of ether oxygens (including phenoxy) is 2. The van der Waals surface area contributed by atoms with Crippen LogP contribution in [0.25, 0.3) is 0 Å². The van der Waals surface area contributed by atoms with E-state index in [1.807, 2.05) is 24.3 Å². The fraction of sp³-hybridized carbons (Fsp3) is 0.647. The molecule has 2 nitrogen and oxygen atoms in total. The second-order valence-electron chi connectivity index (χ2n) is 5.55. The quantitative estimate of drug-likeness (QED) is 0.635. The number of hydrogen-bond donors (Lipinski definition) is 0. The van der Waals surface area contributed by atoms with Crippen LogP contribution in [-0.2, 0) is 0 Å². The highest BCUT2D eigenvalue weighted by molar-refractivity contribution is 9.09. The van der Waals surface area contributed by atoms with Crippen LogP contribution in [0.4, 0.5) is 0 Å². The van der Waals surface area contributed by atoms with Gasteiger partial charge in [-0.1, -0.05) is 48.8 Å². The molecule has 0 bridgehead atoms. The van der Waals surface area contributed by atoms with Crippen molar-refractivity contribution < 1.29 is 9.47 Å². The Bertz CT molecular complexity index is 429. The third kappa shape index (κ3) is 2.83. The standard InChI is InChI=1S/C17H25BrO2/c1-4-11-19-13-9-7-8-10-14(13)20-16-12-15(18)17(16,5-2)6-3/h7-10,15-16H,4-6,11-12H2,1-3H3. The van der Waals surface area contributed by atoms with Crippen LogP contribution in [0.15, 0.2) is 24.3 Å². The van der Waals surface area contributed by atoms with E-state index in [9.17, 15) is 0 Å². The van der Waals surface area contributed by atoms with Crippen molar-refractivity contribution in [1.29, 1.82) is 0 Å². The SMILES string of the molecule is CCCOc1ccccc1OC1CC(Br)C1(CC)CC. The molecule has 1 saturated carbocycles. The molecule has 0 N–H and O–H groups in total. The molecule has 112 valence electrons. The van der Waals surface area contributed by atoms with Gasteiger partial charge in [0.25, 0.3) is 0 Å². The van der Waals surface area contributed by atoms with Crippen molar-refractivity contribution in [3.05, 3.63) is 24.3 Å². The Hall–Kier alpha value is -0.700. The molecule has 1 aliphatic carbocycles. The summed E-state index contributed by atoms with van der Waals surface area (Å²) >= 11 is 3.81. The van der Waals surface area contributed by atoms with Crippen LogP contribution < -0.4 is 9.47 Å². The van der Waals surface area contributed by atoms with Gasteiger partial charge in [-0.3, -0.25) is 0 Å². The second kappa shape index (κ2) is 6.84. The van der Waals surface area contributed by atoms with Crippen LogP contribution in [0, 0.1) is 5.41 Å². The summed E-state index contributed by atoms with van der Waals surface area (Å²) in [6.07, 6.45) is 4.65. The highest BCUT2D eigenvalue weighted by atomic mass is 79.9. The van der Waals surface area contributed by atoms with Gasteiger partial charge in [-0.05, 0) is 37.8 Å². The molecule has 1 aliphatic rings. The van der Waals surface area contributed by atoms with Gasteiger partial charge in [0.1, 0.15) is 6.10 Å². The zero-order valence-electron chi connectivity index (χ0n) is 12.7. The summed E-state index contributed by atoms with van der Waals surface area (Å²) < 4.78 is 12.1. The molecular formula is C17H25BrO2. The Morgan fingerprint density at radius 1 is 1.15 bits per heavy atom. The van der Waals surface area contributed by atoms with E-state index in [0.29, 0.717) is 4.83 Å². The van der Waals surface area contributed by atoms with Gasteiger partial charge in [-0.25, -0.2) is 0 Å². The van der Waals surface area contributed by atoms with Crippen LogP contribution in [0.2, 0.25) is 0 Å². The molecule has 2 unspecified atom stereocenters. The summed E-state index contributed by atoms with van der Waals surface area (Å²) in [4.78, 5) is 0.568. The van der Waals surface area contributed by atoms with Crippen molar-refractivity contribution in [2.24, 2.45) is 5.41 Å². The lowest BCUT2D eigenvalue weighted by Gasteiger charge is -2.52. The van der Waals surface area contributed by atoms with Crippen LogP contribution in [0.5, 0.6) is 11.5 Å². The molecule has 0 saturated heterocycles. The number of alkyl halides is 1. The van der Waals surface area contributed by atoms with Crippen LogP contribution in [0.1, 0.15) is 46.5 Å². The summed E-state index contributed by atoms with van der Waals surface area (Å²) in [5.74, 6) is 1.75. The molecule has 0 spiro atoms. The molecule has 0 aliphatic heterocycles. The van der Waals surface area contributed by atoms with Gasteiger partial charge in [-0.2, -0.15) is 0 Å².